The van der Waals surface area contributed by atoms with Gasteiger partial charge in [-0.15, -0.1) is 0 Å². The summed E-state index contributed by atoms with van der Waals surface area (Å²) in [6, 6.07) is 4.79. The van der Waals surface area contributed by atoms with Crippen LogP contribution in [0.5, 0.6) is 5.75 Å². The standard InChI is InChI=1S/C14H18BrFO3/c1-9-7-10(3-4-12(9)16)19-13-8-11(15)14(13)18-6-5-17-2/h3-4,7,11,13-14H,5-6,8H2,1-2H3. The summed E-state index contributed by atoms with van der Waals surface area (Å²) in [5, 5.41) is 0. The van der Waals surface area contributed by atoms with Gasteiger partial charge in [0.15, 0.2) is 0 Å². The van der Waals surface area contributed by atoms with E-state index in [4.69, 9.17) is 14.2 Å². The van der Waals surface area contributed by atoms with Crippen molar-refractivity contribution in [3.63, 3.8) is 0 Å². The number of hydrogen-bond donors (Lipinski definition) is 0. The first-order valence-corrected chi connectivity index (χ1v) is 7.21. The molecule has 1 fully saturated rings. The summed E-state index contributed by atoms with van der Waals surface area (Å²) in [5.41, 5.74) is 0.587. The largest absolute Gasteiger partial charge is 0.488 e. The van der Waals surface area contributed by atoms with E-state index in [2.05, 4.69) is 15.9 Å². The molecule has 106 valence electrons. The molecule has 0 spiro atoms. The van der Waals surface area contributed by atoms with Crippen LogP contribution in [0.15, 0.2) is 18.2 Å². The van der Waals surface area contributed by atoms with Crippen molar-refractivity contribution >= 4 is 15.9 Å². The van der Waals surface area contributed by atoms with Crippen molar-refractivity contribution in [3.05, 3.63) is 29.6 Å². The topological polar surface area (TPSA) is 27.7 Å². The number of halogens is 2. The summed E-state index contributed by atoms with van der Waals surface area (Å²) in [4.78, 5) is 0.302. The normalized spacial score (nSPS) is 26.0. The zero-order valence-corrected chi connectivity index (χ0v) is 12.7. The predicted molar refractivity (Wildman–Crippen MR) is 74.5 cm³/mol. The Bertz CT molecular complexity index is 427. The van der Waals surface area contributed by atoms with Gasteiger partial charge in [-0.2, -0.15) is 0 Å². The summed E-state index contributed by atoms with van der Waals surface area (Å²) in [6.45, 7) is 2.84. The summed E-state index contributed by atoms with van der Waals surface area (Å²) < 4.78 is 29.7. The molecular formula is C14H18BrFO3. The van der Waals surface area contributed by atoms with E-state index in [-0.39, 0.29) is 18.0 Å². The minimum absolute atomic E-state index is 0.00564. The molecule has 0 aliphatic heterocycles. The molecule has 0 bridgehead atoms. The van der Waals surface area contributed by atoms with Crippen LogP contribution in [0.25, 0.3) is 0 Å². The molecule has 3 atom stereocenters. The third-order valence-electron chi connectivity index (χ3n) is 3.20. The van der Waals surface area contributed by atoms with Crippen molar-refractivity contribution in [2.45, 2.75) is 30.4 Å². The van der Waals surface area contributed by atoms with Gasteiger partial charge in [-0.05, 0) is 30.7 Å². The molecule has 1 aliphatic carbocycles. The number of hydrogen-bond acceptors (Lipinski definition) is 3. The monoisotopic (exact) mass is 332 g/mol. The third-order valence-corrected chi connectivity index (χ3v) is 4.09. The van der Waals surface area contributed by atoms with Crippen LogP contribution in [-0.2, 0) is 9.47 Å². The SMILES string of the molecule is COCCOC1C(Br)CC1Oc1ccc(F)c(C)c1. The van der Waals surface area contributed by atoms with Crippen LogP contribution in [-0.4, -0.2) is 37.4 Å². The van der Waals surface area contributed by atoms with Gasteiger partial charge in [-0.1, -0.05) is 15.9 Å². The average molecular weight is 333 g/mol. The third kappa shape index (κ3) is 3.68. The second kappa shape index (κ2) is 6.68. The highest BCUT2D eigenvalue weighted by Crippen LogP contribution is 2.34. The minimum Gasteiger partial charge on any atom is -0.488 e. The zero-order chi connectivity index (χ0) is 13.8. The van der Waals surface area contributed by atoms with Gasteiger partial charge in [0, 0.05) is 18.4 Å². The van der Waals surface area contributed by atoms with Crippen LogP contribution >= 0.6 is 15.9 Å². The Morgan fingerprint density at radius 3 is 2.79 bits per heavy atom. The van der Waals surface area contributed by atoms with Gasteiger partial charge in [0.2, 0.25) is 0 Å². The Balaban J connectivity index is 1.89. The van der Waals surface area contributed by atoms with Crippen molar-refractivity contribution in [1.29, 1.82) is 0 Å². The number of alkyl halides is 1. The Hall–Kier alpha value is -0.650. The predicted octanol–water partition coefficient (Wildman–Crippen LogP) is 3.08. The second-order valence-corrected chi connectivity index (χ2v) is 5.82. The lowest BCUT2D eigenvalue weighted by Gasteiger charge is -2.40. The average Bonchev–Trinajstić information content (AvgIpc) is 2.38. The number of benzene rings is 1. The van der Waals surface area contributed by atoms with Gasteiger partial charge in [0.25, 0.3) is 0 Å². The van der Waals surface area contributed by atoms with Gasteiger partial charge in [0.05, 0.1) is 13.2 Å². The first-order valence-electron chi connectivity index (χ1n) is 6.29. The van der Waals surface area contributed by atoms with Gasteiger partial charge in [0.1, 0.15) is 23.8 Å². The van der Waals surface area contributed by atoms with Crippen LogP contribution in [0.4, 0.5) is 4.39 Å². The lowest BCUT2D eigenvalue weighted by Crippen LogP contribution is -2.52. The quantitative estimate of drug-likeness (QED) is 0.592. The molecule has 0 heterocycles. The van der Waals surface area contributed by atoms with Crippen molar-refractivity contribution < 1.29 is 18.6 Å². The number of ether oxygens (including phenoxy) is 3. The Morgan fingerprint density at radius 1 is 1.37 bits per heavy atom. The molecule has 1 saturated carbocycles. The highest BCUT2D eigenvalue weighted by Gasteiger charge is 2.42. The molecule has 0 radical (unpaired) electrons. The van der Waals surface area contributed by atoms with Crippen molar-refractivity contribution in [1.82, 2.24) is 0 Å². The van der Waals surface area contributed by atoms with E-state index in [9.17, 15) is 4.39 Å². The van der Waals surface area contributed by atoms with Crippen molar-refractivity contribution in [2.75, 3.05) is 20.3 Å². The molecular weight excluding hydrogens is 315 g/mol. The molecule has 1 aliphatic rings. The number of methoxy groups -OCH3 is 1. The van der Waals surface area contributed by atoms with Crippen molar-refractivity contribution in [2.24, 2.45) is 0 Å². The highest BCUT2D eigenvalue weighted by atomic mass is 79.9. The molecule has 1 aromatic rings. The van der Waals surface area contributed by atoms with Crippen LogP contribution in [0.2, 0.25) is 0 Å². The Kier molecular flexibility index (Phi) is 5.19. The van der Waals surface area contributed by atoms with E-state index in [1.165, 1.54) is 6.07 Å². The smallest absolute Gasteiger partial charge is 0.127 e. The first kappa shape index (κ1) is 14.8. The molecule has 19 heavy (non-hydrogen) atoms. The molecule has 0 aromatic heterocycles. The van der Waals surface area contributed by atoms with E-state index >= 15 is 0 Å². The maximum Gasteiger partial charge on any atom is 0.127 e. The zero-order valence-electron chi connectivity index (χ0n) is 11.1. The first-order chi connectivity index (χ1) is 9.11. The van der Waals surface area contributed by atoms with E-state index in [1.54, 1.807) is 26.2 Å². The molecule has 3 nitrogen and oxygen atoms in total. The molecule has 0 saturated heterocycles. The summed E-state index contributed by atoms with van der Waals surface area (Å²) in [5.74, 6) is 0.468. The van der Waals surface area contributed by atoms with Gasteiger partial charge < -0.3 is 14.2 Å². The van der Waals surface area contributed by atoms with Crippen LogP contribution in [0, 0.1) is 12.7 Å². The van der Waals surface area contributed by atoms with E-state index in [0.717, 1.165) is 6.42 Å². The summed E-state index contributed by atoms with van der Waals surface area (Å²) in [7, 11) is 1.64. The molecule has 3 unspecified atom stereocenters. The summed E-state index contributed by atoms with van der Waals surface area (Å²) in [6.07, 6.45) is 0.903. The van der Waals surface area contributed by atoms with E-state index < -0.39 is 0 Å². The Morgan fingerprint density at radius 2 is 2.16 bits per heavy atom. The van der Waals surface area contributed by atoms with Gasteiger partial charge >= 0.3 is 0 Å². The Labute approximate surface area is 121 Å². The lowest BCUT2D eigenvalue weighted by atomic mass is 9.91. The fourth-order valence-corrected chi connectivity index (χ4v) is 2.85. The van der Waals surface area contributed by atoms with Crippen LogP contribution < -0.4 is 4.74 Å². The fraction of sp³-hybridized carbons (Fsp3) is 0.571. The molecule has 5 heteroatoms. The van der Waals surface area contributed by atoms with E-state index in [0.29, 0.717) is 29.4 Å². The van der Waals surface area contributed by atoms with Gasteiger partial charge in [-0.25, -0.2) is 4.39 Å². The molecule has 0 amide bonds. The number of aryl methyl sites for hydroxylation is 1. The van der Waals surface area contributed by atoms with Crippen molar-refractivity contribution in [3.8, 4) is 5.75 Å². The fourth-order valence-electron chi connectivity index (χ4n) is 1.99. The molecule has 1 aromatic carbocycles. The van der Waals surface area contributed by atoms with Crippen LogP contribution in [0.1, 0.15) is 12.0 Å². The van der Waals surface area contributed by atoms with E-state index in [1.807, 2.05) is 0 Å². The van der Waals surface area contributed by atoms with Gasteiger partial charge in [-0.3, -0.25) is 0 Å². The molecule has 0 N–H and O–H groups in total. The van der Waals surface area contributed by atoms with Crippen LogP contribution in [0.3, 0.4) is 0 Å². The highest BCUT2D eigenvalue weighted by molar-refractivity contribution is 9.09. The second-order valence-electron chi connectivity index (χ2n) is 4.65. The number of rotatable bonds is 6. The lowest BCUT2D eigenvalue weighted by molar-refractivity contribution is -0.0865. The minimum atomic E-state index is -0.216. The molecule has 2 rings (SSSR count). The summed E-state index contributed by atoms with van der Waals surface area (Å²) >= 11 is 3.55. The maximum absolute atomic E-state index is 13.2. The maximum atomic E-state index is 13.2.